The fourth-order valence-electron chi connectivity index (χ4n) is 3.04. The first-order valence-corrected chi connectivity index (χ1v) is 8.91. The Morgan fingerprint density at radius 1 is 1.00 bits per heavy atom. The summed E-state index contributed by atoms with van der Waals surface area (Å²) in [6, 6.07) is 13.6. The van der Waals surface area contributed by atoms with Crippen molar-refractivity contribution in [2.75, 3.05) is 18.0 Å². The fraction of sp³-hybridized carbons (Fsp3) is 0.400. The molecule has 0 amide bonds. The number of rotatable bonds is 7. The van der Waals surface area contributed by atoms with Crippen molar-refractivity contribution >= 4 is 22.4 Å². The van der Waals surface area contributed by atoms with Gasteiger partial charge in [-0.2, -0.15) is 0 Å². The minimum absolute atomic E-state index is 0.00945. The molecule has 0 bridgehead atoms. The molecular weight excluding hydrogens is 298 g/mol. The summed E-state index contributed by atoms with van der Waals surface area (Å²) < 4.78 is 1.71. The second-order valence-electron chi connectivity index (χ2n) is 6.23. The zero-order chi connectivity index (χ0) is 16.9. The van der Waals surface area contributed by atoms with E-state index in [1.165, 1.54) is 0 Å². The van der Waals surface area contributed by atoms with E-state index in [1.54, 1.807) is 10.5 Å². The van der Waals surface area contributed by atoms with E-state index in [0.717, 1.165) is 55.5 Å². The van der Waals surface area contributed by atoms with Crippen molar-refractivity contribution in [3.05, 3.63) is 52.8 Å². The summed E-state index contributed by atoms with van der Waals surface area (Å²) in [4.78, 5) is 19.8. The third-order valence-corrected chi connectivity index (χ3v) is 4.41. The molecule has 126 valence electrons. The predicted molar refractivity (Wildman–Crippen MR) is 101 cm³/mol. The fourth-order valence-corrected chi connectivity index (χ4v) is 3.04. The molecule has 3 rings (SSSR count). The smallest absolute Gasteiger partial charge is 0.260 e. The zero-order valence-corrected chi connectivity index (χ0v) is 14.5. The van der Waals surface area contributed by atoms with Gasteiger partial charge < -0.3 is 4.90 Å². The molecule has 0 saturated carbocycles. The van der Waals surface area contributed by atoms with Crippen LogP contribution in [0.3, 0.4) is 0 Å². The molecule has 24 heavy (non-hydrogen) atoms. The molecule has 4 heteroatoms. The Labute approximate surface area is 142 Å². The molecule has 0 N–H and O–H groups in total. The Bertz CT molecular complexity index is 877. The molecule has 0 aliphatic rings. The highest BCUT2D eigenvalue weighted by Crippen LogP contribution is 2.17. The molecule has 0 aliphatic carbocycles. The first kappa shape index (κ1) is 16.5. The lowest BCUT2D eigenvalue weighted by Crippen LogP contribution is -2.29. The Kier molecular flexibility index (Phi) is 5.14. The van der Waals surface area contributed by atoms with E-state index in [0.29, 0.717) is 5.65 Å². The van der Waals surface area contributed by atoms with Crippen molar-refractivity contribution in [3.63, 3.8) is 0 Å². The molecule has 2 aromatic heterocycles. The largest absolute Gasteiger partial charge is 0.356 e. The molecule has 0 radical (unpaired) electrons. The summed E-state index contributed by atoms with van der Waals surface area (Å²) in [5, 5.41) is 1.05. The van der Waals surface area contributed by atoms with E-state index in [2.05, 4.69) is 18.7 Å². The van der Waals surface area contributed by atoms with Gasteiger partial charge in [-0.1, -0.05) is 44.9 Å². The van der Waals surface area contributed by atoms with Gasteiger partial charge in [0.05, 0.1) is 5.52 Å². The van der Waals surface area contributed by atoms with E-state index in [-0.39, 0.29) is 5.56 Å². The van der Waals surface area contributed by atoms with Crippen LogP contribution in [0.4, 0.5) is 5.82 Å². The van der Waals surface area contributed by atoms with Gasteiger partial charge in [-0.3, -0.25) is 9.20 Å². The molecule has 0 fully saturated rings. The van der Waals surface area contributed by atoms with Gasteiger partial charge in [0.15, 0.2) is 0 Å². The molecule has 1 aromatic carbocycles. The summed E-state index contributed by atoms with van der Waals surface area (Å²) >= 11 is 0. The Hall–Kier alpha value is -2.36. The monoisotopic (exact) mass is 323 g/mol. The number of para-hydroxylation sites is 1. The summed E-state index contributed by atoms with van der Waals surface area (Å²) in [7, 11) is 0. The number of aromatic nitrogens is 2. The molecule has 3 aromatic rings. The van der Waals surface area contributed by atoms with Crippen LogP contribution in [0.25, 0.3) is 16.6 Å². The first-order valence-electron chi connectivity index (χ1n) is 8.91. The lowest BCUT2D eigenvalue weighted by molar-refractivity contribution is 0.671. The predicted octanol–water partition coefficient (Wildman–Crippen LogP) is 4.25. The van der Waals surface area contributed by atoms with Gasteiger partial charge in [0.1, 0.15) is 11.5 Å². The number of anilines is 1. The number of benzene rings is 1. The van der Waals surface area contributed by atoms with Crippen LogP contribution in [-0.2, 0) is 0 Å². The Morgan fingerprint density at radius 2 is 1.71 bits per heavy atom. The third kappa shape index (κ3) is 3.28. The van der Waals surface area contributed by atoms with Crippen LogP contribution in [0.15, 0.2) is 47.3 Å². The Balaban J connectivity index is 2.09. The lowest BCUT2D eigenvalue weighted by Gasteiger charge is -2.23. The van der Waals surface area contributed by atoms with Gasteiger partial charge in [-0.15, -0.1) is 0 Å². The summed E-state index contributed by atoms with van der Waals surface area (Å²) in [6.07, 6.45) is 4.50. The van der Waals surface area contributed by atoms with Gasteiger partial charge in [-0.25, -0.2) is 4.98 Å². The number of hydrogen-bond acceptors (Lipinski definition) is 3. The van der Waals surface area contributed by atoms with Gasteiger partial charge >= 0.3 is 0 Å². The molecule has 4 nitrogen and oxygen atoms in total. The average Bonchev–Trinajstić information content (AvgIpc) is 2.61. The SMILES string of the molecule is CCCCN(CCCC)c1cc(=O)n2c(ccc3ccccc32)n1. The van der Waals surface area contributed by atoms with E-state index in [9.17, 15) is 4.79 Å². The van der Waals surface area contributed by atoms with Crippen molar-refractivity contribution in [2.45, 2.75) is 39.5 Å². The molecular formula is C20H25N3O. The lowest BCUT2D eigenvalue weighted by atomic mass is 10.2. The number of pyridine rings is 1. The van der Waals surface area contributed by atoms with Gasteiger partial charge in [0, 0.05) is 19.2 Å². The highest BCUT2D eigenvalue weighted by Gasteiger charge is 2.11. The normalized spacial score (nSPS) is 11.2. The van der Waals surface area contributed by atoms with Crippen LogP contribution < -0.4 is 10.5 Å². The van der Waals surface area contributed by atoms with Crippen LogP contribution in [0, 0.1) is 0 Å². The van der Waals surface area contributed by atoms with E-state index in [4.69, 9.17) is 4.98 Å². The first-order chi connectivity index (χ1) is 11.7. The minimum atomic E-state index is -0.00945. The van der Waals surface area contributed by atoms with E-state index >= 15 is 0 Å². The second kappa shape index (κ2) is 7.47. The Morgan fingerprint density at radius 3 is 2.42 bits per heavy atom. The molecule has 2 heterocycles. The van der Waals surface area contributed by atoms with Gasteiger partial charge in [0.2, 0.25) is 0 Å². The summed E-state index contributed by atoms with van der Waals surface area (Å²) in [5.41, 5.74) is 1.62. The molecule has 0 unspecified atom stereocenters. The van der Waals surface area contributed by atoms with Crippen LogP contribution in [0.5, 0.6) is 0 Å². The average molecular weight is 323 g/mol. The van der Waals surface area contributed by atoms with Crippen LogP contribution in [0.2, 0.25) is 0 Å². The van der Waals surface area contributed by atoms with Crippen molar-refractivity contribution in [1.29, 1.82) is 0 Å². The highest BCUT2D eigenvalue weighted by atomic mass is 16.1. The molecule has 0 atom stereocenters. The number of nitrogens with zero attached hydrogens (tertiary/aromatic N) is 3. The van der Waals surface area contributed by atoms with E-state index in [1.807, 2.05) is 36.4 Å². The van der Waals surface area contributed by atoms with Crippen LogP contribution in [0.1, 0.15) is 39.5 Å². The maximum absolute atomic E-state index is 12.8. The van der Waals surface area contributed by atoms with Crippen LogP contribution >= 0.6 is 0 Å². The van der Waals surface area contributed by atoms with Crippen molar-refractivity contribution in [3.8, 4) is 0 Å². The van der Waals surface area contributed by atoms with Crippen molar-refractivity contribution in [2.24, 2.45) is 0 Å². The molecule has 0 spiro atoms. The minimum Gasteiger partial charge on any atom is -0.356 e. The van der Waals surface area contributed by atoms with Crippen molar-refractivity contribution in [1.82, 2.24) is 9.38 Å². The van der Waals surface area contributed by atoms with E-state index < -0.39 is 0 Å². The summed E-state index contributed by atoms with van der Waals surface area (Å²) in [6.45, 7) is 6.28. The second-order valence-corrected chi connectivity index (χ2v) is 6.23. The number of hydrogen-bond donors (Lipinski definition) is 0. The third-order valence-electron chi connectivity index (χ3n) is 4.41. The maximum atomic E-state index is 12.8. The maximum Gasteiger partial charge on any atom is 0.260 e. The quantitative estimate of drug-likeness (QED) is 0.610. The summed E-state index contributed by atoms with van der Waals surface area (Å²) in [5.74, 6) is 0.803. The molecule has 0 aliphatic heterocycles. The van der Waals surface area contributed by atoms with Gasteiger partial charge in [-0.05, 0) is 36.4 Å². The zero-order valence-electron chi connectivity index (χ0n) is 14.5. The standard InChI is InChI=1S/C20H25N3O/c1-3-5-13-22(14-6-4-2)19-15-20(24)23-17-10-8-7-9-16(17)11-12-18(23)21-19/h7-12,15H,3-6,13-14H2,1-2H3. The van der Waals surface area contributed by atoms with Crippen molar-refractivity contribution < 1.29 is 0 Å². The van der Waals surface area contributed by atoms with Gasteiger partial charge in [0.25, 0.3) is 5.56 Å². The highest BCUT2D eigenvalue weighted by molar-refractivity contribution is 5.81. The topological polar surface area (TPSA) is 37.6 Å². The number of unbranched alkanes of at least 4 members (excludes halogenated alkanes) is 2. The molecule has 0 saturated heterocycles. The number of fused-ring (bicyclic) bond motifs is 3. The van der Waals surface area contributed by atoms with Crippen LogP contribution in [-0.4, -0.2) is 22.5 Å².